The van der Waals surface area contributed by atoms with E-state index in [0.717, 1.165) is 30.9 Å². The largest absolute Gasteiger partial charge is 0.389 e. The lowest BCUT2D eigenvalue weighted by Crippen LogP contribution is -2.24. The molecule has 19 heavy (non-hydrogen) atoms. The number of nitrogens with one attached hydrogen (secondary N) is 1. The number of amides is 1. The molecule has 4 heteroatoms. The smallest absolute Gasteiger partial charge is 0.251 e. The summed E-state index contributed by atoms with van der Waals surface area (Å²) in [5.74, 6) is 0.683. The molecule has 0 aliphatic rings. The second-order valence-corrected chi connectivity index (χ2v) is 5.53. The first-order chi connectivity index (χ1) is 9.00. The van der Waals surface area contributed by atoms with Gasteiger partial charge in [0.15, 0.2) is 0 Å². The van der Waals surface area contributed by atoms with Crippen LogP contribution < -0.4 is 11.1 Å². The highest BCUT2D eigenvalue weighted by Gasteiger charge is 2.05. The zero-order valence-electron chi connectivity index (χ0n) is 11.6. The zero-order valence-corrected chi connectivity index (χ0v) is 12.4. The molecular weight excluding hydrogens is 256 g/mol. The van der Waals surface area contributed by atoms with Crippen molar-refractivity contribution in [2.75, 3.05) is 6.54 Å². The summed E-state index contributed by atoms with van der Waals surface area (Å²) in [6.07, 6.45) is 3.38. The van der Waals surface area contributed by atoms with E-state index < -0.39 is 0 Å². The summed E-state index contributed by atoms with van der Waals surface area (Å²) in [5, 5.41) is 2.92. The summed E-state index contributed by atoms with van der Waals surface area (Å²) < 4.78 is 0. The molecule has 0 fully saturated rings. The average Bonchev–Trinajstić information content (AvgIpc) is 2.37. The van der Waals surface area contributed by atoms with Crippen molar-refractivity contribution < 1.29 is 4.79 Å². The molecule has 0 aliphatic heterocycles. The maximum Gasteiger partial charge on any atom is 0.251 e. The average molecular weight is 278 g/mol. The molecule has 0 unspecified atom stereocenters. The minimum atomic E-state index is -0.0426. The fraction of sp³-hybridized carbons (Fsp3) is 0.467. The third-order valence-corrected chi connectivity index (χ3v) is 3.16. The fourth-order valence-corrected chi connectivity index (χ4v) is 1.90. The molecule has 0 spiro atoms. The number of rotatable bonds is 7. The highest BCUT2D eigenvalue weighted by molar-refractivity contribution is 7.80. The Labute approximate surface area is 120 Å². The first-order valence-corrected chi connectivity index (χ1v) is 7.09. The monoisotopic (exact) mass is 278 g/mol. The molecule has 0 aromatic heterocycles. The normalized spacial score (nSPS) is 10.5. The number of hydrogen-bond donors (Lipinski definition) is 2. The van der Waals surface area contributed by atoms with Gasteiger partial charge in [-0.15, -0.1) is 0 Å². The lowest BCUT2D eigenvalue weighted by atomic mass is 10.1. The van der Waals surface area contributed by atoms with Crippen LogP contribution in [0.15, 0.2) is 24.3 Å². The van der Waals surface area contributed by atoms with Crippen molar-refractivity contribution >= 4 is 23.1 Å². The van der Waals surface area contributed by atoms with Crippen molar-refractivity contribution in [3.63, 3.8) is 0 Å². The van der Waals surface area contributed by atoms with Crippen molar-refractivity contribution in [3.05, 3.63) is 35.4 Å². The fourth-order valence-electron chi connectivity index (χ4n) is 1.77. The van der Waals surface area contributed by atoms with Crippen LogP contribution in [0.3, 0.4) is 0 Å². The van der Waals surface area contributed by atoms with E-state index in [1.807, 2.05) is 0 Å². The van der Waals surface area contributed by atoms with Crippen LogP contribution in [-0.4, -0.2) is 17.4 Å². The third-order valence-electron chi connectivity index (χ3n) is 2.93. The second-order valence-electron chi connectivity index (χ2n) is 5.09. The van der Waals surface area contributed by atoms with Crippen LogP contribution in [0.5, 0.6) is 0 Å². The van der Waals surface area contributed by atoms with Crippen molar-refractivity contribution in [2.24, 2.45) is 11.7 Å². The molecule has 1 rings (SSSR count). The quantitative estimate of drug-likeness (QED) is 0.595. The van der Waals surface area contributed by atoms with Crippen LogP contribution in [-0.2, 0) is 0 Å². The molecule has 1 amide bonds. The Morgan fingerprint density at radius 1 is 1.21 bits per heavy atom. The molecule has 1 aromatic carbocycles. The highest BCUT2D eigenvalue weighted by Crippen LogP contribution is 2.06. The molecule has 104 valence electrons. The van der Waals surface area contributed by atoms with Gasteiger partial charge in [0.2, 0.25) is 0 Å². The van der Waals surface area contributed by atoms with Crippen LogP contribution >= 0.6 is 12.2 Å². The SMILES string of the molecule is CC(C)CCCCNC(=O)c1ccc(C(N)=S)cc1. The van der Waals surface area contributed by atoms with E-state index in [1.54, 1.807) is 24.3 Å². The highest BCUT2D eigenvalue weighted by atomic mass is 32.1. The van der Waals surface area contributed by atoms with Gasteiger partial charge in [0.1, 0.15) is 4.99 Å². The van der Waals surface area contributed by atoms with Crippen LogP contribution in [0.25, 0.3) is 0 Å². The Morgan fingerprint density at radius 2 is 1.79 bits per heavy atom. The van der Waals surface area contributed by atoms with Gasteiger partial charge < -0.3 is 11.1 Å². The van der Waals surface area contributed by atoms with Gasteiger partial charge in [-0.2, -0.15) is 0 Å². The summed E-state index contributed by atoms with van der Waals surface area (Å²) in [4.78, 5) is 12.2. The predicted octanol–water partition coefficient (Wildman–Crippen LogP) is 2.88. The van der Waals surface area contributed by atoms with Crippen LogP contribution in [0, 0.1) is 5.92 Å². The minimum Gasteiger partial charge on any atom is -0.389 e. The summed E-state index contributed by atoms with van der Waals surface area (Å²) in [5.41, 5.74) is 6.93. The molecule has 0 bridgehead atoms. The zero-order chi connectivity index (χ0) is 14.3. The maximum atomic E-state index is 11.8. The van der Waals surface area contributed by atoms with Crippen LogP contribution in [0.1, 0.15) is 49.0 Å². The lowest BCUT2D eigenvalue weighted by molar-refractivity contribution is 0.0953. The Bertz CT molecular complexity index is 426. The van der Waals surface area contributed by atoms with E-state index in [1.165, 1.54) is 6.42 Å². The topological polar surface area (TPSA) is 55.1 Å². The van der Waals surface area contributed by atoms with Gasteiger partial charge in [-0.05, 0) is 24.5 Å². The first kappa shape index (κ1) is 15.6. The number of carbonyl (C=O) groups excluding carboxylic acids is 1. The summed E-state index contributed by atoms with van der Waals surface area (Å²) in [6.45, 7) is 5.15. The third kappa shape index (κ3) is 5.83. The van der Waals surface area contributed by atoms with E-state index in [2.05, 4.69) is 19.2 Å². The number of thiocarbonyl (C=S) groups is 1. The maximum absolute atomic E-state index is 11.8. The summed E-state index contributed by atoms with van der Waals surface area (Å²) in [7, 11) is 0. The molecule has 0 radical (unpaired) electrons. The lowest BCUT2D eigenvalue weighted by Gasteiger charge is -2.07. The Kier molecular flexibility index (Phi) is 6.50. The number of hydrogen-bond acceptors (Lipinski definition) is 2. The van der Waals surface area contributed by atoms with E-state index in [0.29, 0.717) is 10.6 Å². The van der Waals surface area contributed by atoms with Gasteiger partial charge in [-0.25, -0.2) is 0 Å². The Balaban J connectivity index is 2.35. The molecule has 3 N–H and O–H groups in total. The van der Waals surface area contributed by atoms with E-state index in [-0.39, 0.29) is 5.91 Å². The molecule has 0 heterocycles. The van der Waals surface area contributed by atoms with Gasteiger partial charge in [0.25, 0.3) is 5.91 Å². The standard InChI is InChI=1S/C15H22N2OS/c1-11(2)5-3-4-10-17-15(18)13-8-6-12(7-9-13)14(16)19/h6-9,11H,3-5,10H2,1-2H3,(H2,16,19)(H,17,18). The van der Waals surface area contributed by atoms with Gasteiger partial charge in [-0.1, -0.05) is 51.0 Å². The van der Waals surface area contributed by atoms with Crippen molar-refractivity contribution in [2.45, 2.75) is 33.1 Å². The second kappa shape index (κ2) is 7.89. The summed E-state index contributed by atoms with van der Waals surface area (Å²) >= 11 is 4.87. The minimum absolute atomic E-state index is 0.0426. The number of unbranched alkanes of at least 4 members (excludes halogenated alkanes) is 1. The molecule has 0 saturated heterocycles. The van der Waals surface area contributed by atoms with E-state index >= 15 is 0 Å². The molecule has 1 aromatic rings. The predicted molar refractivity (Wildman–Crippen MR) is 83.4 cm³/mol. The molecule has 0 aliphatic carbocycles. The van der Waals surface area contributed by atoms with Crippen LogP contribution in [0.2, 0.25) is 0 Å². The Morgan fingerprint density at radius 3 is 2.32 bits per heavy atom. The van der Waals surface area contributed by atoms with E-state index in [9.17, 15) is 4.79 Å². The number of benzene rings is 1. The van der Waals surface area contributed by atoms with Crippen LogP contribution in [0.4, 0.5) is 0 Å². The number of carbonyl (C=O) groups is 1. The van der Waals surface area contributed by atoms with Gasteiger partial charge in [0.05, 0.1) is 0 Å². The molecule has 0 saturated carbocycles. The van der Waals surface area contributed by atoms with Crippen molar-refractivity contribution in [1.29, 1.82) is 0 Å². The number of nitrogens with two attached hydrogens (primary N) is 1. The molecule has 3 nitrogen and oxygen atoms in total. The molecule has 0 atom stereocenters. The molecular formula is C15H22N2OS. The van der Waals surface area contributed by atoms with Crippen molar-refractivity contribution in [1.82, 2.24) is 5.32 Å². The van der Waals surface area contributed by atoms with E-state index in [4.69, 9.17) is 18.0 Å². The first-order valence-electron chi connectivity index (χ1n) is 6.68. The van der Waals surface area contributed by atoms with Gasteiger partial charge in [0, 0.05) is 17.7 Å². The van der Waals surface area contributed by atoms with Gasteiger partial charge >= 0.3 is 0 Å². The summed E-state index contributed by atoms with van der Waals surface area (Å²) in [6, 6.07) is 7.04. The van der Waals surface area contributed by atoms with Crippen molar-refractivity contribution in [3.8, 4) is 0 Å². The van der Waals surface area contributed by atoms with Gasteiger partial charge in [-0.3, -0.25) is 4.79 Å². The Hall–Kier alpha value is -1.42.